The summed E-state index contributed by atoms with van der Waals surface area (Å²) in [5.74, 6) is 0.650. The highest BCUT2D eigenvalue weighted by molar-refractivity contribution is 6.30. The summed E-state index contributed by atoms with van der Waals surface area (Å²) in [6.45, 7) is 1.12. The summed E-state index contributed by atoms with van der Waals surface area (Å²) in [7, 11) is 0. The van der Waals surface area contributed by atoms with E-state index < -0.39 is 0 Å². The van der Waals surface area contributed by atoms with Crippen LogP contribution in [0.3, 0.4) is 0 Å². The zero-order valence-electron chi connectivity index (χ0n) is 14.8. The third-order valence-electron chi connectivity index (χ3n) is 4.00. The van der Waals surface area contributed by atoms with Crippen molar-refractivity contribution in [2.75, 3.05) is 6.73 Å². The van der Waals surface area contributed by atoms with Gasteiger partial charge >= 0.3 is 6.03 Å². The highest BCUT2D eigenvalue weighted by Crippen LogP contribution is 2.15. The highest BCUT2D eigenvalue weighted by atomic mass is 35.5. The Morgan fingerprint density at radius 1 is 0.815 bits per heavy atom. The number of urea groups is 1. The minimum absolute atomic E-state index is 0.0839. The summed E-state index contributed by atoms with van der Waals surface area (Å²) in [5.41, 5.74) is 2.14. The molecule has 3 rings (SSSR count). The van der Waals surface area contributed by atoms with Crippen molar-refractivity contribution in [2.24, 2.45) is 0 Å². The molecule has 2 amide bonds. The number of nitrogens with zero attached hydrogens (tertiary/aromatic N) is 1. The second-order valence-corrected chi connectivity index (χ2v) is 6.49. The maximum absolute atomic E-state index is 12.7. The van der Waals surface area contributed by atoms with Crippen molar-refractivity contribution in [1.82, 2.24) is 10.2 Å². The number of nitrogens with one attached hydrogen (secondary N) is 1. The SMILES string of the molecule is O=C(NCOc1ccc(Cl)cc1)N(Cc1ccccc1)Cc1ccccc1. The lowest BCUT2D eigenvalue weighted by Crippen LogP contribution is -2.40. The maximum atomic E-state index is 12.7. The van der Waals surface area contributed by atoms with Gasteiger partial charge in [-0.1, -0.05) is 72.3 Å². The van der Waals surface area contributed by atoms with Gasteiger partial charge in [0.15, 0.2) is 6.73 Å². The van der Waals surface area contributed by atoms with E-state index in [1.807, 2.05) is 60.7 Å². The smallest absolute Gasteiger partial charge is 0.320 e. The molecule has 4 nitrogen and oxygen atoms in total. The third kappa shape index (κ3) is 6.04. The Labute approximate surface area is 164 Å². The van der Waals surface area contributed by atoms with Crippen molar-refractivity contribution >= 4 is 17.6 Å². The van der Waals surface area contributed by atoms with E-state index >= 15 is 0 Å². The van der Waals surface area contributed by atoms with Crippen molar-refractivity contribution < 1.29 is 9.53 Å². The third-order valence-corrected chi connectivity index (χ3v) is 4.25. The van der Waals surface area contributed by atoms with Gasteiger partial charge in [0.25, 0.3) is 0 Å². The number of halogens is 1. The number of carbonyl (C=O) groups excluding carboxylic acids is 1. The molecule has 0 bridgehead atoms. The van der Waals surface area contributed by atoms with Gasteiger partial charge < -0.3 is 15.0 Å². The minimum atomic E-state index is -0.184. The number of rotatable bonds is 7. The summed E-state index contributed by atoms with van der Waals surface area (Å²) in [6, 6.07) is 26.7. The molecular formula is C22H21ClN2O2. The van der Waals surface area contributed by atoms with E-state index in [1.165, 1.54) is 0 Å². The standard InChI is InChI=1S/C22H21ClN2O2/c23-20-11-13-21(14-12-20)27-17-24-22(26)25(15-18-7-3-1-4-8-18)16-19-9-5-2-6-10-19/h1-14H,15-17H2,(H,24,26). The van der Waals surface area contributed by atoms with Gasteiger partial charge in [0.2, 0.25) is 0 Å². The van der Waals surface area contributed by atoms with Gasteiger partial charge in [-0.05, 0) is 35.4 Å². The van der Waals surface area contributed by atoms with Gasteiger partial charge in [-0.25, -0.2) is 4.79 Å². The lowest BCUT2D eigenvalue weighted by atomic mass is 10.2. The molecule has 0 atom stereocenters. The zero-order chi connectivity index (χ0) is 18.9. The van der Waals surface area contributed by atoms with E-state index in [2.05, 4.69) is 5.32 Å². The monoisotopic (exact) mass is 380 g/mol. The minimum Gasteiger partial charge on any atom is -0.473 e. The van der Waals surface area contributed by atoms with Crippen LogP contribution in [0.25, 0.3) is 0 Å². The lowest BCUT2D eigenvalue weighted by Gasteiger charge is -2.23. The molecule has 0 spiro atoms. The molecular weight excluding hydrogens is 360 g/mol. The van der Waals surface area contributed by atoms with Gasteiger partial charge in [0.05, 0.1) is 0 Å². The number of hydrogen-bond acceptors (Lipinski definition) is 2. The summed E-state index contributed by atoms with van der Waals surface area (Å²) < 4.78 is 5.56. The molecule has 0 aromatic heterocycles. The first-order valence-electron chi connectivity index (χ1n) is 8.70. The van der Waals surface area contributed by atoms with Gasteiger partial charge in [0, 0.05) is 18.1 Å². The van der Waals surface area contributed by atoms with Crippen LogP contribution in [0.1, 0.15) is 11.1 Å². The molecule has 5 heteroatoms. The topological polar surface area (TPSA) is 41.6 Å². The largest absolute Gasteiger partial charge is 0.473 e. The molecule has 0 heterocycles. The Morgan fingerprint density at radius 2 is 1.33 bits per heavy atom. The first-order valence-corrected chi connectivity index (χ1v) is 9.07. The van der Waals surface area contributed by atoms with Gasteiger partial charge in [-0.3, -0.25) is 0 Å². The van der Waals surface area contributed by atoms with Crippen molar-refractivity contribution in [1.29, 1.82) is 0 Å². The predicted octanol–water partition coefficient (Wildman–Crippen LogP) is 5.09. The highest BCUT2D eigenvalue weighted by Gasteiger charge is 2.14. The molecule has 0 aliphatic heterocycles. The van der Waals surface area contributed by atoms with E-state index in [1.54, 1.807) is 29.2 Å². The van der Waals surface area contributed by atoms with Gasteiger partial charge in [0.1, 0.15) is 5.75 Å². The van der Waals surface area contributed by atoms with Crippen LogP contribution in [0, 0.1) is 0 Å². The van der Waals surface area contributed by atoms with E-state index in [-0.39, 0.29) is 12.8 Å². The molecule has 0 radical (unpaired) electrons. The Bertz CT molecular complexity index is 798. The summed E-state index contributed by atoms with van der Waals surface area (Å²) >= 11 is 5.86. The number of benzene rings is 3. The van der Waals surface area contributed by atoms with E-state index in [0.29, 0.717) is 23.9 Å². The van der Waals surface area contributed by atoms with Gasteiger partial charge in [-0.2, -0.15) is 0 Å². The van der Waals surface area contributed by atoms with Crippen LogP contribution in [-0.2, 0) is 13.1 Å². The number of carbonyl (C=O) groups is 1. The Balaban J connectivity index is 1.61. The second-order valence-electron chi connectivity index (χ2n) is 6.05. The summed E-state index contributed by atoms with van der Waals surface area (Å²) in [5, 5.41) is 3.46. The maximum Gasteiger partial charge on any atom is 0.320 e. The van der Waals surface area contributed by atoms with E-state index in [0.717, 1.165) is 11.1 Å². The number of hydrogen-bond donors (Lipinski definition) is 1. The number of ether oxygens (including phenoxy) is 1. The van der Waals surface area contributed by atoms with Crippen LogP contribution in [0.5, 0.6) is 5.75 Å². The van der Waals surface area contributed by atoms with Crippen molar-refractivity contribution in [3.63, 3.8) is 0 Å². The fourth-order valence-electron chi connectivity index (χ4n) is 2.63. The lowest BCUT2D eigenvalue weighted by molar-refractivity contribution is 0.179. The second kappa shape index (κ2) is 9.64. The fourth-order valence-corrected chi connectivity index (χ4v) is 2.76. The van der Waals surface area contributed by atoms with Crippen molar-refractivity contribution in [3.8, 4) is 5.75 Å². The van der Waals surface area contributed by atoms with E-state index in [4.69, 9.17) is 16.3 Å². The zero-order valence-corrected chi connectivity index (χ0v) is 15.6. The molecule has 0 aliphatic carbocycles. The van der Waals surface area contributed by atoms with Crippen molar-refractivity contribution in [3.05, 3.63) is 101 Å². The molecule has 3 aromatic rings. The molecule has 138 valence electrons. The van der Waals surface area contributed by atoms with Crippen LogP contribution in [0.2, 0.25) is 5.02 Å². The summed E-state index contributed by atoms with van der Waals surface area (Å²) in [4.78, 5) is 14.5. The molecule has 1 N–H and O–H groups in total. The molecule has 0 fully saturated rings. The normalized spacial score (nSPS) is 10.3. The first-order chi connectivity index (χ1) is 13.2. The average molecular weight is 381 g/mol. The Hall–Kier alpha value is -2.98. The van der Waals surface area contributed by atoms with Crippen LogP contribution in [0.15, 0.2) is 84.9 Å². The molecule has 0 aliphatic rings. The van der Waals surface area contributed by atoms with Crippen LogP contribution < -0.4 is 10.1 Å². The van der Waals surface area contributed by atoms with Crippen LogP contribution >= 0.6 is 11.6 Å². The van der Waals surface area contributed by atoms with Crippen LogP contribution in [-0.4, -0.2) is 17.7 Å². The van der Waals surface area contributed by atoms with E-state index in [9.17, 15) is 4.79 Å². The molecule has 0 unspecified atom stereocenters. The average Bonchev–Trinajstić information content (AvgIpc) is 2.70. The van der Waals surface area contributed by atoms with Crippen molar-refractivity contribution in [2.45, 2.75) is 13.1 Å². The number of amides is 2. The molecule has 0 saturated carbocycles. The Kier molecular flexibility index (Phi) is 6.72. The summed E-state index contributed by atoms with van der Waals surface area (Å²) in [6.07, 6.45) is 0. The fraction of sp³-hybridized carbons (Fsp3) is 0.136. The molecule has 3 aromatic carbocycles. The molecule has 27 heavy (non-hydrogen) atoms. The Morgan fingerprint density at radius 3 is 1.85 bits per heavy atom. The first kappa shape index (κ1) is 18.8. The predicted molar refractivity (Wildman–Crippen MR) is 108 cm³/mol. The quantitative estimate of drug-likeness (QED) is 0.580. The molecule has 0 saturated heterocycles. The van der Waals surface area contributed by atoms with Gasteiger partial charge in [-0.15, -0.1) is 0 Å². The van der Waals surface area contributed by atoms with Crippen LogP contribution in [0.4, 0.5) is 4.79 Å².